The van der Waals surface area contributed by atoms with Crippen molar-refractivity contribution in [2.24, 2.45) is 5.73 Å². The molecule has 1 aromatic rings. The van der Waals surface area contributed by atoms with Crippen molar-refractivity contribution in [1.29, 1.82) is 5.26 Å². The second-order valence-electron chi connectivity index (χ2n) is 3.87. The summed E-state index contributed by atoms with van der Waals surface area (Å²) in [6.07, 6.45) is 0. The van der Waals surface area contributed by atoms with Crippen LogP contribution in [0.1, 0.15) is 11.5 Å². The molecule has 0 amide bonds. The van der Waals surface area contributed by atoms with E-state index in [9.17, 15) is 10.1 Å². The molecule has 2 rings (SSSR count). The van der Waals surface area contributed by atoms with E-state index in [2.05, 4.69) is 31.9 Å². The highest BCUT2D eigenvalue weighted by Crippen LogP contribution is 2.43. The van der Waals surface area contributed by atoms with E-state index in [0.717, 1.165) is 4.47 Å². The molecule has 1 aliphatic heterocycles. The molecule has 0 saturated heterocycles. The Hall–Kier alpha value is -1.59. The average Bonchev–Trinajstić information content (AvgIpc) is 2.30. The predicted octanol–water partition coefficient (Wildman–Crippen LogP) is 2.66. The topological polar surface area (TPSA) is 102 Å². The van der Waals surface area contributed by atoms with Gasteiger partial charge in [-0.25, -0.2) is 0 Å². The van der Waals surface area contributed by atoms with Gasteiger partial charge in [0.25, 0.3) is 0 Å². The summed E-state index contributed by atoms with van der Waals surface area (Å²) >= 11 is 6.62. The average molecular weight is 389 g/mol. The monoisotopic (exact) mass is 387 g/mol. The van der Waals surface area contributed by atoms with Gasteiger partial charge in [0.1, 0.15) is 17.4 Å². The van der Waals surface area contributed by atoms with Gasteiger partial charge in [0.05, 0.1) is 10.4 Å². The smallest absolute Gasteiger partial charge is 0.215 e. The summed E-state index contributed by atoms with van der Waals surface area (Å²) in [5.41, 5.74) is 6.29. The third-order valence-corrected chi connectivity index (χ3v) is 3.74. The number of ether oxygens (including phenoxy) is 1. The van der Waals surface area contributed by atoms with E-state index >= 15 is 0 Å². The molecule has 0 radical (unpaired) electrons. The Labute approximate surface area is 125 Å². The molecular weight excluding hydrogens is 382 g/mol. The van der Waals surface area contributed by atoms with Crippen LogP contribution in [0.25, 0.3) is 0 Å². The van der Waals surface area contributed by atoms with Crippen molar-refractivity contribution >= 4 is 31.9 Å². The Morgan fingerprint density at radius 2 is 2.21 bits per heavy atom. The van der Waals surface area contributed by atoms with E-state index in [0.29, 0.717) is 15.8 Å². The summed E-state index contributed by atoms with van der Waals surface area (Å²) in [7, 11) is 0. The lowest BCUT2D eigenvalue weighted by molar-refractivity contribution is -0.482. The lowest BCUT2D eigenvalue weighted by atomic mass is 9.89. The molecule has 19 heavy (non-hydrogen) atoms. The predicted molar refractivity (Wildman–Crippen MR) is 73.9 cm³/mol. The van der Waals surface area contributed by atoms with Crippen LogP contribution < -0.4 is 10.5 Å². The van der Waals surface area contributed by atoms with Gasteiger partial charge in [-0.2, -0.15) is 5.26 Å². The molecule has 1 atom stereocenters. The first kappa shape index (κ1) is 13.8. The highest BCUT2D eigenvalue weighted by atomic mass is 79.9. The zero-order valence-electron chi connectivity index (χ0n) is 9.39. The quantitative estimate of drug-likeness (QED) is 0.619. The lowest BCUT2D eigenvalue weighted by Crippen LogP contribution is -2.25. The molecule has 2 N–H and O–H groups in total. The van der Waals surface area contributed by atoms with Crippen LogP contribution in [0, 0.1) is 21.4 Å². The van der Waals surface area contributed by atoms with Gasteiger partial charge in [-0.15, -0.1) is 0 Å². The second-order valence-corrected chi connectivity index (χ2v) is 5.64. The van der Waals surface area contributed by atoms with Crippen molar-refractivity contribution in [2.45, 2.75) is 5.92 Å². The number of nitro groups is 1. The largest absolute Gasteiger partial charge is 0.439 e. The molecular formula is C11H7Br2N3O3. The van der Waals surface area contributed by atoms with Crippen LogP contribution in [0.5, 0.6) is 5.75 Å². The Bertz CT molecular complexity index is 637. The summed E-state index contributed by atoms with van der Waals surface area (Å²) in [6, 6.07) is 5.32. The van der Waals surface area contributed by atoms with Crippen LogP contribution in [-0.4, -0.2) is 11.5 Å². The third kappa shape index (κ3) is 2.57. The minimum absolute atomic E-state index is 0.0780. The van der Waals surface area contributed by atoms with Crippen LogP contribution in [-0.2, 0) is 0 Å². The first-order valence-corrected chi connectivity index (χ1v) is 6.71. The summed E-state index contributed by atoms with van der Waals surface area (Å²) in [4.78, 5) is 10.3. The van der Waals surface area contributed by atoms with Crippen molar-refractivity contribution in [3.05, 3.63) is 48.2 Å². The van der Waals surface area contributed by atoms with E-state index in [1.54, 1.807) is 12.1 Å². The minimum atomic E-state index is -0.711. The zero-order chi connectivity index (χ0) is 14.2. The minimum Gasteiger partial charge on any atom is -0.439 e. The Balaban J connectivity index is 2.63. The Morgan fingerprint density at radius 1 is 1.53 bits per heavy atom. The number of fused-ring (bicyclic) bond motifs is 1. The molecule has 1 aliphatic rings. The molecule has 98 valence electrons. The summed E-state index contributed by atoms with van der Waals surface area (Å²) in [5.74, 6) is -0.394. The molecule has 0 bridgehead atoms. The summed E-state index contributed by atoms with van der Waals surface area (Å²) in [5, 5.41) is 19.9. The third-order valence-electron chi connectivity index (χ3n) is 2.69. The van der Waals surface area contributed by atoms with E-state index in [1.165, 1.54) is 0 Å². The maximum absolute atomic E-state index is 10.8. The van der Waals surface area contributed by atoms with Crippen LogP contribution in [0.3, 0.4) is 0 Å². The maximum atomic E-state index is 10.8. The number of nitriles is 1. The molecule has 0 fully saturated rings. The fourth-order valence-corrected chi connectivity index (χ4v) is 3.25. The first-order valence-electron chi connectivity index (χ1n) is 5.12. The zero-order valence-corrected chi connectivity index (χ0v) is 12.6. The molecule has 0 unspecified atom stereocenters. The number of halogens is 2. The number of hydrogen-bond acceptors (Lipinski definition) is 5. The highest BCUT2D eigenvalue weighted by Gasteiger charge is 2.34. The summed E-state index contributed by atoms with van der Waals surface area (Å²) < 4.78 is 6.72. The number of benzene rings is 1. The van der Waals surface area contributed by atoms with Gasteiger partial charge in [0, 0.05) is 15.0 Å². The van der Waals surface area contributed by atoms with Gasteiger partial charge >= 0.3 is 0 Å². The number of rotatable bonds is 2. The standard InChI is InChI=1S/C11H7Br2N3O3/c12-5-1-6-8(4-16(17)18)7(3-14)11(15)19-10(6)9(13)2-5/h1-2,8H,4,15H2/t8-/m0/s1. The molecule has 0 aromatic heterocycles. The van der Waals surface area contributed by atoms with Gasteiger partial charge in [-0.05, 0) is 28.1 Å². The van der Waals surface area contributed by atoms with E-state index in [-0.39, 0.29) is 11.5 Å². The van der Waals surface area contributed by atoms with Crippen LogP contribution >= 0.6 is 31.9 Å². The van der Waals surface area contributed by atoms with Crippen LogP contribution in [0.4, 0.5) is 0 Å². The maximum Gasteiger partial charge on any atom is 0.215 e. The van der Waals surface area contributed by atoms with Gasteiger partial charge < -0.3 is 10.5 Å². The van der Waals surface area contributed by atoms with E-state index in [4.69, 9.17) is 15.7 Å². The van der Waals surface area contributed by atoms with Crippen molar-refractivity contribution in [3.8, 4) is 11.8 Å². The van der Waals surface area contributed by atoms with Crippen molar-refractivity contribution in [3.63, 3.8) is 0 Å². The number of hydrogen-bond donors (Lipinski definition) is 1. The van der Waals surface area contributed by atoms with Gasteiger partial charge in [0.15, 0.2) is 0 Å². The molecule has 6 nitrogen and oxygen atoms in total. The molecule has 1 heterocycles. The molecule has 0 aliphatic carbocycles. The number of nitrogens with zero attached hydrogens (tertiary/aromatic N) is 2. The van der Waals surface area contributed by atoms with E-state index in [1.807, 2.05) is 6.07 Å². The SMILES string of the molecule is N#CC1=C(N)Oc2c(Br)cc(Br)cc2[C@@H]1C[N+](=O)[O-]. The first-order chi connectivity index (χ1) is 8.93. The molecule has 8 heteroatoms. The lowest BCUT2D eigenvalue weighted by Gasteiger charge is -2.24. The summed E-state index contributed by atoms with van der Waals surface area (Å²) in [6.45, 7) is -0.414. The van der Waals surface area contributed by atoms with E-state index < -0.39 is 17.4 Å². The van der Waals surface area contributed by atoms with Crippen molar-refractivity contribution in [2.75, 3.05) is 6.54 Å². The van der Waals surface area contributed by atoms with Gasteiger partial charge in [0.2, 0.25) is 12.4 Å². The van der Waals surface area contributed by atoms with Crippen LogP contribution in [0.2, 0.25) is 0 Å². The molecule has 0 saturated carbocycles. The molecule has 1 aromatic carbocycles. The van der Waals surface area contributed by atoms with Gasteiger partial charge in [-0.1, -0.05) is 15.9 Å². The fourth-order valence-electron chi connectivity index (χ4n) is 1.91. The molecule has 0 spiro atoms. The Kier molecular flexibility index (Phi) is 3.78. The van der Waals surface area contributed by atoms with Crippen molar-refractivity contribution in [1.82, 2.24) is 0 Å². The fraction of sp³-hybridized carbons (Fsp3) is 0.182. The second kappa shape index (κ2) is 5.19. The van der Waals surface area contributed by atoms with Gasteiger partial charge in [-0.3, -0.25) is 10.1 Å². The number of nitrogens with two attached hydrogens (primary N) is 1. The van der Waals surface area contributed by atoms with Crippen molar-refractivity contribution < 1.29 is 9.66 Å². The Morgan fingerprint density at radius 3 is 2.79 bits per heavy atom. The van der Waals surface area contributed by atoms with Crippen LogP contribution in [0.15, 0.2) is 32.5 Å². The normalized spacial score (nSPS) is 17.4. The highest BCUT2D eigenvalue weighted by molar-refractivity contribution is 9.11.